The van der Waals surface area contributed by atoms with Crippen molar-refractivity contribution in [3.8, 4) is 5.75 Å². The Morgan fingerprint density at radius 1 is 1.10 bits per heavy atom. The normalized spacial score (nSPS) is 11.2. The minimum Gasteiger partial charge on any atom is -0.495 e. The van der Waals surface area contributed by atoms with Gasteiger partial charge in [-0.05, 0) is 48.9 Å². The van der Waals surface area contributed by atoms with Gasteiger partial charge in [0.15, 0.2) is 0 Å². The van der Waals surface area contributed by atoms with Gasteiger partial charge < -0.3 is 4.74 Å². The number of nitrogens with one attached hydrogen (secondary N) is 1. The average molecular weight is 435 g/mol. The number of benzene rings is 2. The predicted molar refractivity (Wildman–Crippen MR) is 90.4 cm³/mol. The average Bonchev–Trinajstić information content (AvgIpc) is 2.41. The maximum atomic E-state index is 12.4. The summed E-state index contributed by atoms with van der Waals surface area (Å²) < 4.78 is 34.2. The summed E-state index contributed by atoms with van der Waals surface area (Å²) >= 11 is 6.67. The Balaban J connectivity index is 2.41. The molecule has 4 nitrogen and oxygen atoms in total. The number of hydrogen-bond donors (Lipinski definition) is 1. The van der Waals surface area contributed by atoms with E-state index in [0.29, 0.717) is 11.4 Å². The Morgan fingerprint density at radius 2 is 1.81 bits per heavy atom. The summed E-state index contributed by atoms with van der Waals surface area (Å²) in [5.74, 6) is 0.454. The highest BCUT2D eigenvalue weighted by Gasteiger charge is 2.17. The minimum absolute atomic E-state index is 0.199. The lowest BCUT2D eigenvalue weighted by Crippen LogP contribution is -2.13. The van der Waals surface area contributed by atoms with Crippen LogP contribution in [0.1, 0.15) is 5.56 Å². The second-order valence-electron chi connectivity index (χ2n) is 4.36. The summed E-state index contributed by atoms with van der Waals surface area (Å²) in [5.41, 5.74) is 1.23. The van der Waals surface area contributed by atoms with Gasteiger partial charge in [0.25, 0.3) is 10.0 Å². The van der Waals surface area contributed by atoms with E-state index in [1.165, 1.54) is 7.11 Å². The molecule has 0 heterocycles. The van der Waals surface area contributed by atoms with Crippen molar-refractivity contribution in [2.45, 2.75) is 11.8 Å². The van der Waals surface area contributed by atoms with Crippen LogP contribution in [0, 0.1) is 6.92 Å². The minimum atomic E-state index is -3.67. The van der Waals surface area contributed by atoms with E-state index in [9.17, 15) is 8.42 Å². The summed E-state index contributed by atoms with van der Waals surface area (Å²) in [4.78, 5) is 0.199. The molecule has 0 aliphatic rings. The molecule has 2 aromatic carbocycles. The van der Waals surface area contributed by atoms with Gasteiger partial charge in [0.2, 0.25) is 0 Å². The highest BCUT2D eigenvalue weighted by molar-refractivity contribution is 9.10. The SMILES string of the molecule is COc1ccc(Br)cc1NS(=O)(=O)c1ccc(Br)c(C)c1. The van der Waals surface area contributed by atoms with E-state index < -0.39 is 10.0 Å². The number of aryl methyl sites for hydroxylation is 1. The van der Waals surface area contributed by atoms with Crippen LogP contribution in [0.15, 0.2) is 50.2 Å². The van der Waals surface area contributed by atoms with Gasteiger partial charge in [-0.1, -0.05) is 31.9 Å². The van der Waals surface area contributed by atoms with E-state index >= 15 is 0 Å². The fraction of sp³-hybridized carbons (Fsp3) is 0.143. The zero-order valence-corrected chi connectivity index (χ0v) is 15.3. The molecule has 0 spiro atoms. The number of anilines is 1. The quantitative estimate of drug-likeness (QED) is 0.778. The van der Waals surface area contributed by atoms with Gasteiger partial charge in [0.05, 0.1) is 17.7 Å². The molecule has 2 rings (SSSR count). The second-order valence-corrected chi connectivity index (χ2v) is 7.81. The molecular formula is C14H13Br2NO3S. The van der Waals surface area contributed by atoms with E-state index in [4.69, 9.17) is 4.74 Å². The molecule has 0 aliphatic carbocycles. The number of methoxy groups -OCH3 is 1. The molecular weight excluding hydrogens is 422 g/mol. The van der Waals surface area contributed by atoms with Gasteiger partial charge in [0, 0.05) is 8.95 Å². The van der Waals surface area contributed by atoms with E-state index in [1.54, 1.807) is 36.4 Å². The van der Waals surface area contributed by atoms with Crippen LogP contribution in [-0.4, -0.2) is 15.5 Å². The third-order valence-electron chi connectivity index (χ3n) is 2.85. The molecule has 0 amide bonds. The van der Waals surface area contributed by atoms with Crippen LogP contribution in [0.25, 0.3) is 0 Å². The van der Waals surface area contributed by atoms with E-state index in [1.807, 2.05) is 6.92 Å². The second kappa shape index (κ2) is 6.37. The molecule has 7 heteroatoms. The van der Waals surface area contributed by atoms with Crippen LogP contribution in [0.3, 0.4) is 0 Å². The molecule has 112 valence electrons. The lowest BCUT2D eigenvalue weighted by atomic mass is 10.2. The number of ether oxygens (including phenoxy) is 1. The van der Waals surface area contributed by atoms with Gasteiger partial charge in [-0.3, -0.25) is 4.72 Å². The molecule has 0 atom stereocenters. The summed E-state index contributed by atoms with van der Waals surface area (Å²) in [6.45, 7) is 1.84. The molecule has 2 aromatic rings. The van der Waals surface area contributed by atoms with Crippen molar-refractivity contribution in [2.24, 2.45) is 0 Å². The van der Waals surface area contributed by atoms with Crippen LogP contribution in [0.5, 0.6) is 5.75 Å². The van der Waals surface area contributed by atoms with Crippen LogP contribution in [0.2, 0.25) is 0 Å². The Bertz CT molecular complexity index is 776. The molecule has 0 saturated carbocycles. The number of halogens is 2. The first kappa shape index (κ1) is 16.3. The Hall–Kier alpha value is -1.05. The first-order valence-corrected chi connectivity index (χ1v) is 9.03. The smallest absolute Gasteiger partial charge is 0.262 e. The first-order chi connectivity index (χ1) is 9.83. The van der Waals surface area contributed by atoms with Crippen LogP contribution in [0.4, 0.5) is 5.69 Å². The predicted octanol–water partition coefficient (Wildman–Crippen LogP) is 4.33. The fourth-order valence-electron chi connectivity index (χ4n) is 1.75. The zero-order chi connectivity index (χ0) is 15.6. The van der Waals surface area contributed by atoms with Gasteiger partial charge in [-0.25, -0.2) is 8.42 Å². The summed E-state index contributed by atoms with van der Waals surface area (Å²) in [7, 11) is -2.18. The Morgan fingerprint density at radius 3 is 2.43 bits per heavy atom. The number of hydrogen-bond acceptors (Lipinski definition) is 3. The first-order valence-electron chi connectivity index (χ1n) is 5.96. The third kappa shape index (κ3) is 3.78. The molecule has 0 unspecified atom stereocenters. The largest absolute Gasteiger partial charge is 0.495 e. The maximum absolute atomic E-state index is 12.4. The van der Waals surface area contributed by atoms with Gasteiger partial charge in [0.1, 0.15) is 5.75 Å². The zero-order valence-electron chi connectivity index (χ0n) is 11.4. The summed E-state index contributed by atoms with van der Waals surface area (Å²) in [6.07, 6.45) is 0. The third-order valence-corrected chi connectivity index (χ3v) is 5.59. The topological polar surface area (TPSA) is 55.4 Å². The maximum Gasteiger partial charge on any atom is 0.262 e. The van der Waals surface area contributed by atoms with Crippen LogP contribution in [-0.2, 0) is 10.0 Å². The lowest BCUT2D eigenvalue weighted by Gasteiger charge is -2.13. The van der Waals surface area contributed by atoms with Crippen molar-refractivity contribution in [3.05, 3.63) is 50.9 Å². The van der Waals surface area contributed by atoms with E-state index in [-0.39, 0.29) is 4.90 Å². The standard InChI is InChI=1S/C14H13Br2NO3S/c1-9-7-11(4-5-12(9)16)21(18,19)17-13-8-10(15)3-6-14(13)20-2/h3-8,17H,1-2H3. The molecule has 0 saturated heterocycles. The summed E-state index contributed by atoms with van der Waals surface area (Å²) in [6, 6.07) is 9.99. The Labute approximate surface area is 140 Å². The molecule has 1 N–H and O–H groups in total. The van der Waals surface area contributed by atoms with Crippen molar-refractivity contribution >= 4 is 47.6 Å². The molecule has 0 fully saturated rings. The highest BCUT2D eigenvalue weighted by Crippen LogP contribution is 2.30. The van der Waals surface area contributed by atoms with Gasteiger partial charge >= 0.3 is 0 Å². The van der Waals surface area contributed by atoms with Crippen molar-refractivity contribution in [1.29, 1.82) is 0 Å². The fourth-order valence-corrected chi connectivity index (χ4v) is 3.50. The monoisotopic (exact) mass is 433 g/mol. The van der Waals surface area contributed by atoms with Gasteiger partial charge in [-0.2, -0.15) is 0 Å². The molecule has 0 bridgehead atoms. The number of sulfonamides is 1. The number of rotatable bonds is 4. The van der Waals surface area contributed by atoms with E-state index in [2.05, 4.69) is 36.6 Å². The van der Waals surface area contributed by atoms with Crippen LogP contribution >= 0.6 is 31.9 Å². The van der Waals surface area contributed by atoms with Crippen molar-refractivity contribution in [1.82, 2.24) is 0 Å². The van der Waals surface area contributed by atoms with Gasteiger partial charge in [-0.15, -0.1) is 0 Å². The van der Waals surface area contributed by atoms with Crippen LogP contribution < -0.4 is 9.46 Å². The molecule has 0 aromatic heterocycles. The highest BCUT2D eigenvalue weighted by atomic mass is 79.9. The van der Waals surface area contributed by atoms with Crippen molar-refractivity contribution in [2.75, 3.05) is 11.8 Å². The van der Waals surface area contributed by atoms with E-state index in [0.717, 1.165) is 14.5 Å². The van der Waals surface area contributed by atoms with Crippen molar-refractivity contribution < 1.29 is 13.2 Å². The molecule has 21 heavy (non-hydrogen) atoms. The molecule has 0 aliphatic heterocycles. The lowest BCUT2D eigenvalue weighted by molar-refractivity contribution is 0.417. The molecule has 0 radical (unpaired) electrons. The van der Waals surface area contributed by atoms with Crippen molar-refractivity contribution in [3.63, 3.8) is 0 Å². The Kier molecular flexibility index (Phi) is 4.95. The summed E-state index contributed by atoms with van der Waals surface area (Å²) in [5, 5.41) is 0.